The average Bonchev–Trinajstić information content (AvgIpc) is 3.68. The average molecular weight is 597 g/mol. The lowest BCUT2D eigenvalue weighted by Gasteiger charge is -2.30. The van der Waals surface area contributed by atoms with Gasteiger partial charge in [-0.1, -0.05) is 67.5 Å². The molecule has 0 bridgehead atoms. The van der Waals surface area contributed by atoms with Gasteiger partial charge in [0.15, 0.2) is 0 Å². The number of carbonyl (C=O) groups is 2. The molecule has 232 valence electrons. The molecule has 13 heteroatoms. The van der Waals surface area contributed by atoms with E-state index in [4.69, 9.17) is 19.3 Å². The Bertz CT molecular complexity index is 1240. The summed E-state index contributed by atoms with van der Waals surface area (Å²) in [5.74, 6) is -1.24. The summed E-state index contributed by atoms with van der Waals surface area (Å²) in [7, 11) is -0.954. The van der Waals surface area contributed by atoms with Crippen LogP contribution in [0.1, 0.15) is 42.6 Å². The van der Waals surface area contributed by atoms with Gasteiger partial charge in [0.05, 0.1) is 37.5 Å². The summed E-state index contributed by atoms with van der Waals surface area (Å²) in [6, 6.07) is 18.2. The number of hydrogen-bond donors (Lipinski definition) is 6. The molecule has 1 saturated heterocycles. The highest BCUT2D eigenvalue weighted by Crippen LogP contribution is 2.30. The van der Waals surface area contributed by atoms with Gasteiger partial charge in [0.1, 0.15) is 18.3 Å². The molecule has 12 nitrogen and oxygen atoms in total. The lowest BCUT2D eigenvalue weighted by atomic mass is 9.73. The maximum Gasteiger partial charge on any atom is 0.481 e. The van der Waals surface area contributed by atoms with Gasteiger partial charge in [0, 0.05) is 18.4 Å². The lowest BCUT2D eigenvalue weighted by molar-refractivity contribution is -0.144. The van der Waals surface area contributed by atoms with Crippen LogP contribution in [0.4, 0.5) is 0 Å². The van der Waals surface area contributed by atoms with Crippen molar-refractivity contribution < 1.29 is 44.2 Å². The van der Waals surface area contributed by atoms with Crippen LogP contribution in [0.3, 0.4) is 0 Å². The Morgan fingerprint density at radius 2 is 1.74 bits per heavy atom. The minimum Gasteiger partial charge on any atom is -0.407 e. The fraction of sp³-hybridized carbons (Fsp3) is 0.500. The van der Waals surface area contributed by atoms with E-state index in [0.29, 0.717) is 17.7 Å². The number of amides is 2. The largest absolute Gasteiger partial charge is 0.481 e. The molecular formula is C30H40BN3O9. The Balaban J connectivity index is 1.46. The van der Waals surface area contributed by atoms with Crippen LogP contribution in [0, 0.1) is 5.92 Å². The van der Waals surface area contributed by atoms with Crippen LogP contribution in [0.15, 0.2) is 65.8 Å². The molecule has 2 aromatic carbocycles. The van der Waals surface area contributed by atoms with Crippen molar-refractivity contribution in [3.8, 4) is 0 Å². The van der Waals surface area contributed by atoms with Gasteiger partial charge in [-0.15, -0.1) is 0 Å². The summed E-state index contributed by atoms with van der Waals surface area (Å²) in [5.41, 5.74) is 0.465. The molecule has 2 aromatic rings. The molecule has 5 unspecified atom stereocenters. The van der Waals surface area contributed by atoms with Crippen molar-refractivity contribution in [2.45, 2.75) is 69.1 Å². The number of hydrogen-bond acceptors (Lipinski definition) is 10. The third-order valence-electron chi connectivity index (χ3n) is 7.49. The SMILES string of the molecule is CC(C)C[C@H](NC(=O)C1(Cc2ccccc2)CC(CNC(=O)c2ccccc2)=NO1)B1OCC(C(O)C(O)C(O)CO)O1. The second-order valence-corrected chi connectivity index (χ2v) is 11.4. The zero-order chi connectivity index (χ0) is 31.0. The van der Waals surface area contributed by atoms with Crippen molar-refractivity contribution in [2.24, 2.45) is 11.1 Å². The Morgan fingerprint density at radius 1 is 1.07 bits per heavy atom. The summed E-state index contributed by atoms with van der Waals surface area (Å²) in [6.45, 7) is 3.23. The van der Waals surface area contributed by atoms with Gasteiger partial charge in [-0.3, -0.25) is 9.59 Å². The molecule has 0 radical (unpaired) electrons. The standard InChI is InChI=1S/C30H40BN3O9/c1-19(2)13-25(31-41-18-24(42-31)27(38)26(37)23(36)17-35)33-29(40)30(14-20-9-5-3-6-10-20)15-22(34-43-30)16-32-28(39)21-11-7-4-8-12-21/h3-12,19,23-27,35-38H,13-18H2,1-2H3,(H,32,39)(H,33,40)/t23?,24?,25-,26?,27?,30?/m0/s1. The van der Waals surface area contributed by atoms with Crippen molar-refractivity contribution in [2.75, 3.05) is 19.8 Å². The summed E-state index contributed by atoms with van der Waals surface area (Å²) in [5, 5.41) is 49.5. The summed E-state index contributed by atoms with van der Waals surface area (Å²) < 4.78 is 11.7. The molecule has 0 aromatic heterocycles. The molecule has 0 aliphatic carbocycles. The number of nitrogens with zero attached hydrogens (tertiary/aromatic N) is 1. The number of oxime groups is 1. The van der Waals surface area contributed by atoms with Gasteiger partial charge < -0.3 is 45.2 Å². The molecule has 43 heavy (non-hydrogen) atoms. The van der Waals surface area contributed by atoms with Gasteiger partial charge in [-0.05, 0) is 30.0 Å². The van der Waals surface area contributed by atoms with E-state index in [9.17, 15) is 24.9 Å². The van der Waals surface area contributed by atoms with Crippen molar-refractivity contribution in [3.05, 3.63) is 71.8 Å². The molecule has 2 aliphatic heterocycles. The third-order valence-corrected chi connectivity index (χ3v) is 7.49. The molecule has 2 aliphatic rings. The fourth-order valence-electron chi connectivity index (χ4n) is 5.17. The van der Waals surface area contributed by atoms with Crippen LogP contribution in [-0.4, -0.2) is 101 Å². The number of rotatable bonds is 14. The smallest absolute Gasteiger partial charge is 0.407 e. The maximum atomic E-state index is 14.0. The van der Waals surface area contributed by atoms with Crippen LogP contribution < -0.4 is 10.6 Å². The highest BCUT2D eigenvalue weighted by molar-refractivity contribution is 6.47. The maximum absolute atomic E-state index is 14.0. The second-order valence-electron chi connectivity index (χ2n) is 11.4. The van der Waals surface area contributed by atoms with E-state index in [-0.39, 0.29) is 37.8 Å². The zero-order valence-corrected chi connectivity index (χ0v) is 24.3. The van der Waals surface area contributed by atoms with E-state index in [2.05, 4.69) is 15.8 Å². The van der Waals surface area contributed by atoms with Gasteiger partial charge in [-0.25, -0.2) is 0 Å². The predicted octanol–water partition coefficient (Wildman–Crippen LogP) is 0.223. The van der Waals surface area contributed by atoms with Crippen LogP contribution in [0.2, 0.25) is 0 Å². The highest BCUT2D eigenvalue weighted by atomic mass is 16.7. The van der Waals surface area contributed by atoms with Gasteiger partial charge in [0.25, 0.3) is 11.8 Å². The normalized spacial score (nSPS) is 22.8. The topological polar surface area (TPSA) is 179 Å². The molecule has 2 heterocycles. The molecule has 6 N–H and O–H groups in total. The molecular weight excluding hydrogens is 557 g/mol. The first-order valence-electron chi connectivity index (χ1n) is 14.5. The third kappa shape index (κ3) is 8.40. The van der Waals surface area contributed by atoms with Crippen molar-refractivity contribution >= 4 is 24.6 Å². The molecule has 0 saturated carbocycles. The second kappa shape index (κ2) is 14.9. The molecule has 0 spiro atoms. The van der Waals surface area contributed by atoms with Crippen molar-refractivity contribution in [1.82, 2.24) is 10.6 Å². The van der Waals surface area contributed by atoms with E-state index in [1.807, 2.05) is 50.2 Å². The van der Waals surface area contributed by atoms with Gasteiger partial charge in [-0.2, -0.15) is 0 Å². The predicted molar refractivity (Wildman–Crippen MR) is 158 cm³/mol. The van der Waals surface area contributed by atoms with Crippen molar-refractivity contribution in [3.63, 3.8) is 0 Å². The van der Waals surface area contributed by atoms with Crippen LogP contribution in [0.25, 0.3) is 0 Å². The zero-order valence-electron chi connectivity index (χ0n) is 24.3. The van der Waals surface area contributed by atoms with E-state index in [1.165, 1.54) is 0 Å². The number of aliphatic hydroxyl groups is 4. The van der Waals surface area contributed by atoms with Crippen LogP contribution >= 0.6 is 0 Å². The molecule has 1 fully saturated rings. The van der Waals surface area contributed by atoms with E-state index < -0.39 is 55.6 Å². The first-order valence-corrected chi connectivity index (χ1v) is 14.5. The lowest BCUT2D eigenvalue weighted by Crippen LogP contribution is -2.57. The van der Waals surface area contributed by atoms with E-state index in [0.717, 1.165) is 5.56 Å². The van der Waals surface area contributed by atoms with E-state index in [1.54, 1.807) is 24.3 Å². The summed E-state index contributed by atoms with van der Waals surface area (Å²) >= 11 is 0. The monoisotopic (exact) mass is 597 g/mol. The fourth-order valence-corrected chi connectivity index (χ4v) is 5.17. The minimum atomic E-state index is -1.64. The number of nitrogens with one attached hydrogen (secondary N) is 2. The first kappa shape index (κ1) is 32.6. The number of benzene rings is 2. The van der Waals surface area contributed by atoms with Gasteiger partial charge in [0.2, 0.25) is 5.60 Å². The Labute approximate surface area is 251 Å². The van der Waals surface area contributed by atoms with Crippen molar-refractivity contribution in [1.29, 1.82) is 0 Å². The number of aliphatic hydroxyl groups excluding tert-OH is 4. The minimum absolute atomic E-state index is 0.0917. The first-order chi connectivity index (χ1) is 20.6. The Kier molecular flexibility index (Phi) is 11.3. The van der Waals surface area contributed by atoms with Crippen LogP contribution in [0.5, 0.6) is 0 Å². The van der Waals surface area contributed by atoms with Crippen LogP contribution in [-0.2, 0) is 25.4 Å². The van der Waals surface area contributed by atoms with E-state index >= 15 is 0 Å². The Morgan fingerprint density at radius 3 is 2.40 bits per heavy atom. The molecule has 4 rings (SSSR count). The molecule has 6 atom stereocenters. The highest BCUT2D eigenvalue weighted by Gasteiger charge is 2.50. The quantitative estimate of drug-likeness (QED) is 0.166. The van der Waals surface area contributed by atoms with Gasteiger partial charge >= 0.3 is 7.12 Å². The summed E-state index contributed by atoms with van der Waals surface area (Å²) in [4.78, 5) is 32.5. The number of carbonyl (C=O) groups excluding carboxylic acids is 2. The molecule has 2 amide bonds. The Hall–Kier alpha value is -3.33. The summed E-state index contributed by atoms with van der Waals surface area (Å²) in [6.07, 6.45) is -4.89.